The molecule has 28 heavy (non-hydrogen) atoms. The summed E-state index contributed by atoms with van der Waals surface area (Å²) in [5.41, 5.74) is 1.43. The molecule has 1 atom stereocenters. The Labute approximate surface area is 171 Å². The molecule has 0 bridgehead atoms. The second-order valence-electron chi connectivity index (χ2n) is 5.78. The quantitative estimate of drug-likeness (QED) is 0.558. The van der Waals surface area contributed by atoms with E-state index in [1.807, 2.05) is 24.3 Å². The van der Waals surface area contributed by atoms with Gasteiger partial charge in [-0.25, -0.2) is 0 Å². The van der Waals surface area contributed by atoms with Gasteiger partial charge in [0.25, 0.3) is 0 Å². The summed E-state index contributed by atoms with van der Waals surface area (Å²) < 4.78 is 5.09. The molecule has 1 aliphatic rings. The maximum Gasteiger partial charge on any atom is 0.240 e. The molecule has 1 aliphatic heterocycles. The molecule has 3 rings (SSSR count). The molecule has 0 spiro atoms. The van der Waals surface area contributed by atoms with E-state index in [1.54, 1.807) is 37.6 Å². The van der Waals surface area contributed by atoms with Crippen LogP contribution in [0.3, 0.4) is 0 Å². The number of hydrogen-bond donors (Lipinski definition) is 2. The second kappa shape index (κ2) is 9.38. The zero-order valence-corrected chi connectivity index (χ0v) is 16.5. The Kier molecular flexibility index (Phi) is 6.67. The molecule has 2 aromatic rings. The zero-order chi connectivity index (χ0) is 19.9. The molecule has 9 heteroatoms. The molecule has 2 aromatic carbocycles. The highest BCUT2D eigenvalue weighted by Crippen LogP contribution is 2.23. The van der Waals surface area contributed by atoms with Crippen molar-refractivity contribution in [2.75, 3.05) is 12.4 Å². The third-order valence-electron chi connectivity index (χ3n) is 3.73. The van der Waals surface area contributed by atoms with E-state index in [4.69, 9.17) is 16.3 Å². The van der Waals surface area contributed by atoms with Gasteiger partial charge in [0.15, 0.2) is 5.17 Å². The average Bonchev–Trinajstić information content (AvgIpc) is 3.01. The summed E-state index contributed by atoms with van der Waals surface area (Å²) in [6.07, 6.45) is 1.59. The minimum Gasteiger partial charge on any atom is -0.497 e. The number of amidine groups is 1. The first-order valence-electron chi connectivity index (χ1n) is 8.31. The molecule has 0 aliphatic carbocycles. The number of benzene rings is 2. The van der Waals surface area contributed by atoms with Crippen molar-refractivity contribution in [2.45, 2.75) is 11.7 Å². The summed E-state index contributed by atoms with van der Waals surface area (Å²) in [5.74, 6) is 0.198. The summed E-state index contributed by atoms with van der Waals surface area (Å²) in [7, 11) is 1.60. The van der Waals surface area contributed by atoms with Gasteiger partial charge in [0, 0.05) is 17.1 Å². The molecule has 0 radical (unpaired) electrons. The number of nitrogens with one attached hydrogen (secondary N) is 2. The predicted octanol–water partition coefficient (Wildman–Crippen LogP) is 3.30. The van der Waals surface area contributed by atoms with Crippen molar-refractivity contribution in [1.29, 1.82) is 0 Å². The van der Waals surface area contributed by atoms with E-state index in [9.17, 15) is 9.59 Å². The first-order chi connectivity index (χ1) is 13.5. The largest absolute Gasteiger partial charge is 0.497 e. The summed E-state index contributed by atoms with van der Waals surface area (Å²) >= 11 is 7.06. The standard InChI is InChI=1S/C19H17ClN4O3S/c1-27-15-7-5-12(6-8-15)11-21-24-19-23-18(26)16(28-19)10-17(25)22-14-4-2-3-13(20)9-14/h2-9,11,16H,10H2,1H3,(H,22,25)(H,23,24,26)/b21-11-/t16-/m1/s1. The van der Waals surface area contributed by atoms with E-state index < -0.39 is 5.25 Å². The van der Waals surface area contributed by atoms with Crippen LogP contribution in [0.5, 0.6) is 5.75 Å². The lowest BCUT2D eigenvalue weighted by atomic mass is 10.2. The second-order valence-corrected chi connectivity index (χ2v) is 7.41. The smallest absolute Gasteiger partial charge is 0.240 e. The normalized spacial score (nSPS) is 17.7. The van der Waals surface area contributed by atoms with E-state index in [0.717, 1.165) is 11.3 Å². The molecular weight excluding hydrogens is 400 g/mol. The topological polar surface area (TPSA) is 92.2 Å². The Morgan fingerprint density at radius 3 is 2.82 bits per heavy atom. The van der Waals surface area contributed by atoms with Crippen LogP contribution in [-0.2, 0) is 9.59 Å². The van der Waals surface area contributed by atoms with E-state index in [-0.39, 0.29) is 18.2 Å². The van der Waals surface area contributed by atoms with Crippen molar-refractivity contribution in [3.8, 4) is 5.75 Å². The lowest BCUT2D eigenvalue weighted by molar-refractivity contribution is -0.122. The summed E-state index contributed by atoms with van der Waals surface area (Å²) in [4.78, 5) is 24.2. The maximum atomic E-state index is 12.2. The number of hydrogen-bond acceptors (Lipinski definition) is 6. The Hall–Kier alpha value is -2.84. The van der Waals surface area contributed by atoms with Crippen LogP contribution in [0, 0.1) is 0 Å². The third kappa shape index (κ3) is 5.58. The number of nitrogens with zero attached hydrogens (tertiary/aromatic N) is 2. The van der Waals surface area contributed by atoms with Crippen LogP contribution in [0.25, 0.3) is 0 Å². The van der Waals surface area contributed by atoms with Crippen molar-refractivity contribution < 1.29 is 14.3 Å². The number of carbonyl (C=O) groups is 2. The fourth-order valence-corrected chi connectivity index (χ4v) is 3.49. The van der Waals surface area contributed by atoms with Crippen molar-refractivity contribution in [3.63, 3.8) is 0 Å². The van der Waals surface area contributed by atoms with Crippen LogP contribution in [0.1, 0.15) is 12.0 Å². The molecule has 144 valence electrons. The fraction of sp³-hybridized carbons (Fsp3) is 0.158. The van der Waals surface area contributed by atoms with Crippen LogP contribution in [0.2, 0.25) is 5.02 Å². The molecule has 1 saturated heterocycles. The third-order valence-corrected chi connectivity index (χ3v) is 5.03. The number of anilines is 1. The summed E-state index contributed by atoms with van der Waals surface area (Å²) in [5, 5.41) is 13.6. The van der Waals surface area contributed by atoms with Crippen molar-refractivity contribution in [2.24, 2.45) is 10.2 Å². The molecule has 0 aromatic heterocycles. The predicted molar refractivity (Wildman–Crippen MR) is 112 cm³/mol. The van der Waals surface area contributed by atoms with Crippen LogP contribution in [0.4, 0.5) is 5.69 Å². The minimum atomic E-state index is -0.561. The van der Waals surface area contributed by atoms with E-state index in [2.05, 4.69) is 20.8 Å². The lowest BCUT2D eigenvalue weighted by Crippen LogP contribution is -2.28. The highest BCUT2D eigenvalue weighted by molar-refractivity contribution is 8.15. The summed E-state index contributed by atoms with van der Waals surface area (Å²) in [6, 6.07) is 14.1. The number of halogens is 1. The Morgan fingerprint density at radius 2 is 2.11 bits per heavy atom. The first-order valence-corrected chi connectivity index (χ1v) is 9.57. The Balaban J connectivity index is 1.54. The number of thioether (sulfide) groups is 1. The fourth-order valence-electron chi connectivity index (χ4n) is 2.37. The number of carbonyl (C=O) groups excluding carboxylic acids is 2. The molecule has 0 saturated carbocycles. The van der Waals surface area contributed by atoms with Gasteiger partial charge in [-0.3, -0.25) is 9.59 Å². The van der Waals surface area contributed by atoms with Gasteiger partial charge in [0.05, 0.1) is 13.3 Å². The summed E-state index contributed by atoms with van der Waals surface area (Å²) in [6.45, 7) is 0. The van der Waals surface area contributed by atoms with Gasteiger partial charge in [-0.1, -0.05) is 29.4 Å². The Bertz CT molecular complexity index is 931. The van der Waals surface area contributed by atoms with Crippen LogP contribution in [-0.4, -0.2) is 35.6 Å². The van der Waals surface area contributed by atoms with Crippen molar-refractivity contribution in [3.05, 3.63) is 59.1 Å². The van der Waals surface area contributed by atoms with Gasteiger partial charge in [0.1, 0.15) is 11.0 Å². The molecule has 2 amide bonds. The van der Waals surface area contributed by atoms with Gasteiger partial charge < -0.3 is 15.4 Å². The number of methoxy groups -OCH3 is 1. The monoisotopic (exact) mass is 416 g/mol. The van der Waals surface area contributed by atoms with Gasteiger partial charge in [-0.05, 0) is 48.0 Å². The van der Waals surface area contributed by atoms with Crippen molar-refractivity contribution >= 4 is 52.2 Å². The van der Waals surface area contributed by atoms with Gasteiger partial charge in [-0.2, -0.15) is 5.10 Å². The number of ether oxygens (including phenoxy) is 1. The van der Waals surface area contributed by atoms with Crippen LogP contribution < -0.4 is 15.4 Å². The Morgan fingerprint density at radius 1 is 1.32 bits per heavy atom. The SMILES string of the molecule is COc1ccc(/C=N\N=C2/NC(=O)[C@@H](CC(=O)Nc3cccc(Cl)c3)S2)cc1. The van der Waals surface area contributed by atoms with Gasteiger partial charge in [-0.15, -0.1) is 5.10 Å². The maximum absolute atomic E-state index is 12.2. The lowest BCUT2D eigenvalue weighted by Gasteiger charge is -2.07. The molecule has 0 unspecified atom stereocenters. The number of amides is 2. The van der Waals surface area contributed by atoms with Crippen LogP contribution >= 0.6 is 23.4 Å². The van der Waals surface area contributed by atoms with E-state index >= 15 is 0 Å². The highest BCUT2D eigenvalue weighted by atomic mass is 35.5. The van der Waals surface area contributed by atoms with Crippen LogP contribution in [0.15, 0.2) is 58.7 Å². The zero-order valence-electron chi connectivity index (χ0n) is 14.9. The van der Waals surface area contributed by atoms with Crippen molar-refractivity contribution in [1.82, 2.24) is 5.32 Å². The average molecular weight is 417 g/mol. The van der Waals surface area contributed by atoms with Gasteiger partial charge in [0.2, 0.25) is 11.8 Å². The van der Waals surface area contributed by atoms with E-state index in [0.29, 0.717) is 15.9 Å². The minimum absolute atomic E-state index is 0.0181. The molecule has 1 fully saturated rings. The molecule has 2 N–H and O–H groups in total. The number of rotatable bonds is 6. The van der Waals surface area contributed by atoms with Gasteiger partial charge >= 0.3 is 0 Å². The molecule has 7 nitrogen and oxygen atoms in total. The molecule has 1 heterocycles. The first kappa shape index (κ1) is 19.9. The molecular formula is C19H17ClN4O3S. The van der Waals surface area contributed by atoms with E-state index in [1.165, 1.54) is 11.8 Å². The highest BCUT2D eigenvalue weighted by Gasteiger charge is 2.32.